The number of methoxy groups -OCH3 is 1. The van der Waals surface area contributed by atoms with Crippen LogP contribution in [0, 0.1) is 11.8 Å². The van der Waals surface area contributed by atoms with E-state index in [1.807, 2.05) is 6.07 Å². The molecule has 0 bridgehead atoms. The summed E-state index contributed by atoms with van der Waals surface area (Å²) in [4.78, 5) is 0. The Morgan fingerprint density at radius 3 is 2.57 bits per heavy atom. The predicted molar refractivity (Wildman–Crippen MR) is 93.0 cm³/mol. The Hall–Kier alpha value is -0.540. The molecule has 1 N–H and O–H groups in total. The highest BCUT2D eigenvalue weighted by atomic mass is 79.9. The van der Waals surface area contributed by atoms with Gasteiger partial charge >= 0.3 is 0 Å². The van der Waals surface area contributed by atoms with E-state index < -0.39 is 0 Å². The Morgan fingerprint density at radius 2 is 2.00 bits per heavy atom. The number of benzene rings is 1. The minimum Gasteiger partial charge on any atom is -0.496 e. The minimum atomic E-state index is 0.547. The lowest BCUT2D eigenvalue weighted by atomic mass is 9.76. The van der Waals surface area contributed by atoms with Crippen molar-refractivity contribution >= 4 is 15.9 Å². The molecule has 1 aliphatic carbocycles. The number of hydrogen-bond acceptors (Lipinski definition) is 2. The van der Waals surface area contributed by atoms with Crippen molar-refractivity contribution in [2.45, 2.75) is 51.5 Å². The van der Waals surface area contributed by atoms with Crippen LogP contribution in [0.2, 0.25) is 0 Å². The molecule has 3 heteroatoms. The van der Waals surface area contributed by atoms with Crippen molar-refractivity contribution in [1.29, 1.82) is 0 Å². The summed E-state index contributed by atoms with van der Waals surface area (Å²) in [6.45, 7) is 2.33. The van der Waals surface area contributed by atoms with Crippen LogP contribution in [0.1, 0.15) is 44.6 Å². The SMILES string of the molecule is CCC1CCC(C(Cc2cc(Br)ccc2OC)NC)CC1. The van der Waals surface area contributed by atoms with Gasteiger partial charge in [0.2, 0.25) is 0 Å². The second-order valence-electron chi connectivity index (χ2n) is 6.24. The summed E-state index contributed by atoms with van der Waals surface area (Å²) >= 11 is 3.57. The molecule has 21 heavy (non-hydrogen) atoms. The molecule has 1 aromatic rings. The Bertz CT molecular complexity index is 441. The van der Waals surface area contributed by atoms with Crippen LogP contribution in [-0.2, 0) is 6.42 Å². The normalized spacial score (nSPS) is 23.8. The predicted octanol–water partition coefficient (Wildman–Crippen LogP) is 4.80. The van der Waals surface area contributed by atoms with E-state index in [2.05, 4.69) is 47.4 Å². The molecule has 0 radical (unpaired) electrons. The molecule has 0 aliphatic heterocycles. The molecule has 1 aromatic carbocycles. The average molecular weight is 354 g/mol. The lowest BCUT2D eigenvalue weighted by Crippen LogP contribution is -2.37. The molecule has 1 aliphatic rings. The molecule has 1 unspecified atom stereocenters. The summed E-state index contributed by atoms with van der Waals surface area (Å²) in [5.74, 6) is 2.75. The van der Waals surface area contributed by atoms with Crippen molar-refractivity contribution in [1.82, 2.24) is 5.32 Å². The molecule has 0 aromatic heterocycles. The molecule has 1 saturated carbocycles. The zero-order valence-corrected chi connectivity index (χ0v) is 15.1. The molecule has 0 saturated heterocycles. The van der Waals surface area contributed by atoms with E-state index in [1.54, 1.807) is 7.11 Å². The van der Waals surface area contributed by atoms with Gasteiger partial charge in [-0.1, -0.05) is 42.1 Å². The Kier molecular flexibility index (Phi) is 6.56. The largest absolute Gasteiger partial charge is 0.496 e. The van der Waals surface area contributed by atoms with Gasteiger partial charge in [0.05, 0.1) is 7.11 Å². The summed E-state index contributed by atoms with van der Waals surface area (Å²) in [5, 5.41) is 3.55. The number of ether oxygens (including phenoxy) is 1. The Balaban J connectivity index is 2.04. The number of nitrogens with one attached hydrogen (secondary N) is 1. The summed E-state index contributed by atoms with van der Waals surface area (Å²) in [6.07, 6.45) is 7.90. The fourth-order valence-corrected chi connectivity index (χ4v) is 4.06. The average Bonchev–Trinajstić information content (AvgIpc) is 2.53. The van der Waals surface area contributed by atoms with E-state index in [9.17, 15) is 0 Å². The van der Waals surface area contributed by atoms with E-state index >= 15 is 0 Å². The quantitative estimate of drug-likeness (QED) is 0.792. The highest BCUT2D eigenvalue weighted by Crippen LogP contribution is 2.34. The fourth-order valence-electron chi connectivity index (χ4n) is 3.65. The molecule has 1 atom stereocenters. The van der Waals surface area contributed by atoms with Crippen molar-refractivity contribution in [3.63, 3.8) is 0 Å². The third-order valence-electron chi connectivity index (χ3n) is 5.09. The van der Waals surface area contributed by atoms with Gasteiger partial charge in [0.25, 0.3) is 0 Å². The molecule has 0 spiro atoms. The first kappa shape index (κ1) is 16.8. The maximum atomic E-state index is 5.52. The third kappa shape index (κ3) is 4.46. The number of rotatable bonds is 6. The molecule has 2 rings (SSSR count). The van der Waals surface area contributed by atoms with Gasteiger partial charge < -0.3 is 10.1 Å². The van der Waals surface area contributed by atoms with Crippen LogP contribution in [0.25, 0.3) is 0 Å². The second-order valence-corrected chi connectivity index (χ2v) is 7.16. The van der Waals surface area contributed by atoms with E-state index in [1.165, 1.54) is 37.7 Å². The molecular formula is C18H28BrNO. The van der Waals surface area contributed by atoms with Crippen LogP contribution in [-0.4, -0.2) is 20.2 Å². The third-order valence-corrected chi connectivity index (χ3v) is 5.58. The lowest BCUT2D eigenvalue weighted by molar-refractivity contribution is 0.221. The summed E-state index contributed by atoms with van der Waals surface area (Å²) in [5.41, 5.74) is 1.30. The number of hydrogen-bond donors (Lipinski definition) is 1. The topological polar surface area (TPSA) is 21.3 Å². The fraction of sp³-hybridized carbons (Fsp3) is 0.667. The molecule has 118 valence electrons. The van der Waals surface area contributed by atoms with E-state index in [0.29, 0.717) is 6.04 Å². The van der Waals surface area contributed by atoms with Crippen LogP contribution in [0.5, 0.6) is 5.75 Å². The van der Waals surface area contributed by atoms with Gasteiger partial charge in [-0.05, 0) is 61.9 Å². The Labute approximate surface area is 137 Å². The van der Waals surface area contributed by atoms with Crippen LogP contribution in [0.4, 0.5) is 0 Å². The number of halogens is 1. The van der Waals surface area contributed by atoms with E-state index in [0.717, 1.165) is 28.5 Å². The van der Waals surface area contributed by atoms with Gasteiger partial charge in [-0.15, -0.1) is 0 Å². The van der Waals surface area contributed by atoms with Crippen LogP contribution >= 0.6 is 15.9 Å². The zero-order valence-electron chi connectivity index (χ0n) is 13.5. The van der Waals surface area contributed by atoms with Gasteiger partial charge in [-0.2, -0.15) is 0 Å². The van der Waals surface area contributed by atoms with Gasteiger partial charge in [0.1, 0.15) is 5.75 Å². The molecule has 2 nitrogen and oxygen atoms in total. The van der Waals surface area contributed by atoms with Crippen LogP contribution in [0.15, 0.2) is 22.7 Å². The smallest absolute Gasteiger partial charge is 0.122 e. The first-order valence-corrected chi connectivity index (χ1v) is 8.96. The van der Waals surface area contributed by atoms with E-state index in [4.69, 9.17) is 4.74 Å². The lowest BCUT2D eigenvalue weighted by Gasteiger charge is -2.34. The molecular weight excluding hydrogens is 326 g/mol. The monoisotopic (exact) mass is 353 g/mol. The zero-order chi connectivity index (χ0) is 15.2. The minimum absolute atomic E-state index is 0.547. The van der Waals surface area contributed by atoms with Crippen molar-refractivity contribution in [2.75, 3.05) is 14.2 Å². The molecule has 0 amide bonds. The highest BCUT2D eigenvalue weighted by molar-refractivity contribution is 9.10. The number of likely N-dealkylation sites (N-methyl/N-ethyl adjacent to an activating group) is 1. The summed E-state index contributed by atoms with van der Waals surface area (Å²) < 4.78 is 6.65. The first-order valence-electron chi connectivity index (χ1n) is 8.17. The maximum absolute atomic E-state index is 5.52. The van der Waals surface area contributed by atoms with Gasteiger partial charge in [-0.25, -0.2) is 0 Å². The summed E-state index contributed by atoms with van der Waals surface area (Å²) in [7, 11) is 3.86. The van der Waals surface area contributed by atoms with Crippen molar-refractivity contribution in [3.8, 4) is 5.75 Å². The maximum Gasteiger partial charge on any atom is 0.122 e. The van der Waals surface area contributed by atoms with Crippen molar-refractivity contribution < 1.29 is 4.74 Å². The van der Waals surface area contributed by atoms with E-state index in [-0.39, 0.29) is 0 Å². The van der Waals surface area contributed by atoms with Crippen LogP contribution < -0.4 is 10.1 Å². The molecule has 1 fully saturated rings. The Morgan fingerprint density at radius 1 is 1.29 bits per heavy atom. The van der Waals surface area contributed by atoms with Crippen molar-refractivity contribution in [3.05, 3.63) is 28.2 Å². The van der Waals surface area contributed by atoms with Gasteiger partial charge in [-0.3, -0.25) is 0 Å². The highest BCUT2D eigenvalue weighted by Gasteiger charge is 2.26. The second kappa shape index (κ2) is 8.19. The van der Waals surface area contributed by atoms with Crippen LogP contribution in [0.3, 0.4) is 0 Å². The summed E-state index contributed by atoms with van der Waals surface area (Å²) in [6, 6.07) is 6.84. The van der Waals surface area contributed by atoms with Gasteiger partial charge in [0, 0.05) is 10.5 Å². The molecule has 0 heterocycles. The van der Waals surface area contributed by atoms with Crippen molar-refractivity contribution in [2.24, 2.45) is 11.8 Å². The standard InChI is InChI=1S/C18H28BrNO/c1-4-13-5-7-14(8-6-13)17(20-2)12-15-11-16(19)9-10-18(15)21-3/h9-11,13-14,17,20H,4-8,12H2,1-3H3. The van der Waals surface area contributed by atoms with Gasteiger partial charge in [0.15, 0.2) is 0 Å². The first-order chi connectivity index (χ1) is 10.2.